The number of aldehydes is 1. The van der Waals surface area contributed by atoms with Crippen molar-refractivity contribution < 1.29 is 9.21 Å². The number of rotatable bonds is 4. The highest BCUT2D eigenvalue weighted by molar-refractivity contribution is 5.74. The molecule has 0 fully saturated rings. The van der Waals surface area contributed by atoms with Crippen molar-refractivity contribution in [2.75, 3.05) is 11.9 Å². The van der Waals surface area contributed by atoms with E-state index in [2.05, 4.69) is 4.98 Å². The monoisotopic (exact) mass is 230 g/mol. The van der Waals surface area contributed by atoms with Gasteiger partial charge in [0.05, 0.1) is 6.26 Å². The molecule has 0 radical (unpaired) electrons. The zero-order valence-corrected chi connectivity index (χ0v) is 9.88. The van der Waals surface area contributed by atoms with Crippen molar-refractivity contribution in [3.05, 3.63) is 47.5 Å². The standard InChI is InChI=1S/C13H14N2O2/c1-10-12(5-6-17-10)8-15(2)13-4-3-11(9-16)7-14-13/h3-7,9H,8H2,1-2H3. The molecular formula is C13H14N2O2. The summed E-state index contributed by atoms with van der Waals surface area (Å²) in [5.41, 5.74) is 1.72. The number of hydrogen-bond donors (Lipinski definition) is 0. The fourth-order valence-electron chi connectivity index (χ4n) is 1.60. The topological polar surface area (TPSA) is 46.3 Å². The van der Waals surface area contributed by atoms with Gasteiger partial charge in [-0.3, -0.25) is 4.79 Å². The van der Waals surface area contributed by atoms with Crippen LogP contribution in [0.2, 0.25) is 0 Å². The van der Waals surface area contributed by atoms with Crippen molar-refractivity contribution in [2.24, 2.45) is 0 Å². The van der Waals surface area contributed by atoms with Gasteiger partial charge in [-0.1, -0.05) is 0 Å². The summed E-state index contributed by atoms with van der Waals surface area (Å²) >= 11 is 0. The quantitative estimate of drug-likeness (QED) is 0.757. The van der Waals surface area contributed by atoms with Crippen LogP contribution in [0.4, 0.5) is 5.82 Å². The van der Waals surface area contributed by atoms with Gasteiger partial charge in [-0.15, -0.1) is 0 Å². The second-order valence-electron chi connectivity index (χ2n) is 3.93. The maximum absolute atomic E-state index is 10.5. The van der Waals surface area contributed by atoms with Gasteiger partial charge in [-0.05, 0) is 25.1 Å². The molecule has 0 unspecified atom stereocenters. The summed E-state index contributed by atoms with van der Waals surface area (Å²) in [6, 6.07) is 5.54. The Bertz CT molecular complexity index is 502. The lowest BCUT2D eigenvalue weighted by Gasteiger charge is -2.17. The van der Waals surface area contributed by atoms with E-state index in [1.165, 1.54) is 0 Å². The van der Waals surface area contributed by atoms with E-state index in [1.54, 1.807) is 18.5 Å². The third-order valence-electron chi connectivity index (χ3n) is 2.67. The Balaban J connectivity index is 2.11. The average Bonchev–Trinajstić information content (AvgIpc) is 2.75. The van der Waals surface area contributed by atoms with Gasteiger partial charge in [0.1, 0.15) is 11.6 Å². The Hall–Kier alpha value is -2.10. The van der Waals surface area contributed by atoms with Crippen LogP contribution in [0.5, 0.6) is 0 Å². The fourth-order valence-corrected chi connectivity index (χ4v) is 1.60. The number of anilines is 1. The predicted molar refractivity (Wildman–Crippen MR) is 65.2 cm³/mol. The van der Waals surface area contributed by atoms with Gasteiger partial charge in [-0.25, -0.2) is 4.98 Å². The molecule has 0 saturated heterocycles. The summed E-state index contributed by atoms with van der Waals surface area (Å²) in [6.07, 6.45) is 4.04. The number of furan rings is 1. The summed E-state index contributed by atoms with van der Waals surface area (Å²) in [6.45, 7) is 2.67. The molecule has 0 atom stereocenters. The van der Waals surface area contributed by atoms with E-state index >= 15 is 0 Å². The predicted octanol–water partition coefficient (Wildman–Crippen LogP) is 2.43. The lowest BCUT2D eigenvalue weighted by Crippen LogP contribution is -2.17. The van der Waals surface area contributed by atoms with Gasteiger partial charge < -0.3 is 9.32 Å². The first kappa shape index (κ1) is 11.4. The number of aryl methyl sites for hydroxylation is 1. The maximum Gasteiger partial charge on any atom is 0.151 e. The first-order chi connectivity index (χ1) is 8.20. The first-order valence-corrected chi connectivity index (χ1v) is 5.36. The molecule has 0 spiro atoms. The Labute approximate surface area is 99.9 Å². The van der Waals surface area contributed by atoms with Gasteiger partial charge in [0.2, 0.25) is 0 Å². The molecule has 2 heterocycles. The SMILES string of the molecule is Cc1occc1CN(C)c1ccc(C=O)cn1. The second-order valence-corrected chi connectivity index (χ2v) is 3.93. The molecular weight excluding hydrogens is 216 g/mol. The van der Waals surface area contributed by atoms with Crippen LogP contribution in [0.3, 0.4) is 0 Å². The van der Waals surface area contributed by atoms with Crippen LogP contribution in [0.25, 0.3) is 0 Å². The normalized spacial score (nSPS) is 10.2. The van der Waals surface area contributed by atoms with Crippen LogP contribution < -0.4 is 4.90 Å². The van der Waals surface area contributed by atoms with Crippen molar-refractivity contribution in [1.29, 1.82) is 0 Å². The summed E-state index contributed by atoms with van der Waals surface area (Å²) < 4.78 is 5.24. The highest BCUT2D eigenvalue weighted by atomic mass is 16.3. The lowest BCUT2D eigenvalue weighted by molar-refractivity contribution is 0.112. The van der Waals surface area contributed by atoms with Crippen molar-refractivity contribution in [1.82, 2.24) is 4.98 Å². The molecule has 17 heavy (non-hydrogen) atoms. The van der Waals surface area contributed by atoms with Crippen molar-refractivity contribution in [2.45, 2.75) is 13.5 Å². The molecule has 0 amide bonds. The van der Waals surface area contributed by atoms with E-state index in [4.69, 9.17) is 4.42 Å². The zero-order chi connectivity index (χ0) is 12.3. The highest BCUT2D eigenvalue weighted by Crippen LogP contribution is 2.15. The molecule has 0 saturated carbocycles. The van der Waals surface area contributed by atoms with Crippen LogP contribution in [-0.4, -0.2) is 18.3 Å². The van der Waals surface area contributed by atoms with Crippen LogP contribution >= 0.6 is 0 Å². The van der Waals surface area contributed by atoms with Crippen molar-refractivity contribution in [3.63, 3.8) is 0 Å². The van der Waals surface area contributed by atoms with E-state index in [-0.39, 0.29) is 0 Å². The fraction of sp³-hybridized carbons (Fsp3) is 0.231. The van der Waals surface area contributed by atoms with Crippen LogP contribution in [0.15, 0.2) is 35.1 Å². The Morgan fingerprint density at radius 1 is 1.41 bits per heavy atom. The number of carbonyl (C=O) groups is 1. The summed E-state index contributed by atoms with van der Waals surface area (Å²) in [5.74, 6) is 1.75. The molecule has 2 aromatic heterocycles. The van der Waals surface area contributed by atoms with Gasteiger partial charge in [0.25, 0.3) is 0 Å². The number of pyridine rings is 1. The molecule has 0 aromatic carbocycles. The Morgan fingerprint density at radius 3 is 2.76 bits per heavy atom. The summed E-state index contributed by atoms with van der Waals surface area (Å²) in [5, 5.41) is 0. The Morgan fingerprint density at radius 2 is 2.24 bits per heavy atom. The van der Waals surface area contributed by atoms with Crippen LogP contribution in [0, 0.1) is 6.92 Å². The van der Waals surface area contributed by atoms with E-state index in [9.17, 15) is 4.79 Å². The lowest BCUT2D eigenvalue weighted by atomic mass is 10.2. The minimum absolute atomic E-state index is 0.585. The van der Waals surface area contributed by atoms with Gasteiger partial charge in [0, 0.05) is 30.9 Å². The average molecular weight is 230 g/mol. The molecule has 0 bridgehead atoms. The van der Waals surface area contributed by atoms with Crippen molar-refractivity contribution >= 4 is 12.1 Å². The molecule has 0 aliphatic rings. The van der Waals surface area contributed by atoms with E-state index in [0.29, 0.717) is 5.56 Å². The van der Waals surface area contributed by atoms with E-state index in [0.717, 1.165) is 30.0 Å². The highest BCUT2D eigenvalue weighted by Gasteiger charge is 2.07. The molecule has 4 heteroatoms. The van der Waals surface area contributed by atoms with Gasteiger partial charge in [0.15, 0.2) is 6.29 Å². The largest absolute Gasteiger partial charge is 0.469 e. The molecule has 88 valence electrons. The minimum atomic E-state index is 0.585. The molecule has 4 nitrogen and oxygen atoms in total. The van der Waals surface area contributed by atoms with Crippen molar-refractivity contribution in [3.8, 4) is 0 Å². The summed E-state index contributed by atoms with van der Waals surface area (Å²) in [7, 11) is 1.95. The van der Waals surface area contributed by atoms with Crippen LogP contribution in [0.1, 0.15) is 21.7 Å². The second kappa shape index (κ2) is 4.82. The first-order valence-electron chi connectivity index (χ1n) is 5.36. The van der Waals surface area contributed by atoms with Crippen LogP contribution in [-0.2, 0) is 6.54 Å². The zero-order valence-electron chi connectivity index (χ0n) is 9.88. The molecule has 0 aliphatic carbocycles. The molecule has 2 rings (SSSR count). The number of nitrogens with zero attached hydrogens (tertiary/aromatic N) is 2. The van der Waals surface area contributed by atoms with E-state index < -0.39 is 0 Å². The van der Waals surface area contributed by atoms with Gasteiger partial charge in [-0.2, -0.15) is 0 Å². The Kier molecular flexibility index (Phi) is 3.23. The molecule has 0 N–H and O–H groups in total. The molecule has 2 aromatic rings. The number of carbonyl (C=O) groups excluding carboxylic acids is 1. The minimum Gasteiger partial charge on any atom is -0.469 e. The molecule has 0 aliphatic heterocycles. The number of aromatic nitrogens is 1. The smallest absolute Gasteiger partial charge is 0.151 e. The number of hydrogen-bond acceptors (Lipinski definition) is 4. The van der Waals surface area contributed by atoms with Gasteiger partial charge >= 0.3 is 0 Å². The third-order valence-corrected chi connectivity index (χ3v) is 2.67. The van der Waals surface area contributed by atoms with E-state index in [1.807, 2.05) is 31.0 Å². The third kappa shape index (κ3) is 2.53. The maximum atomic E-state index is 10.5. The summed E-state index contributed by atoms with van der Waals surface area (Å²) in [4.78, 5) is 16.8.